The van der Waals surface area contributed by atoms with Crippen molar-refractivity contribution in [3.05, 3.63) is 36.3 Å². The molecule has 0 amide bonds. The third-order valence-electron chi connectivity index (χ3n) is 3.73. The molecule has 3 aromatic heterocycles. The van der Waals surface area contributed by atoms with Crippen LogP contribution in [0, 0.1) is 0 Å². The molecule has 0 atom stereocenters. The number of carbonyl (C=O) groups is 1. The molecule has 126 valence electrons. The largest absolute Gasteiger partial charge is 0.497 e. The van der Waals surface area contributed by atoms with Gasteiger partial charge in [-0.1, -0.05) is 0 Å². The third-order valence-corrected chi connectivity index (χ3v) is 3.73. The molecule has 0 aliphatic rings. The number of ether oxygens (including phenoxy) is 2. The quantitative estimate of drug-likeness (QED) is 0.497. The Balaban J connectivity index is 1.97. The van der Waals surface area contributed by atoms with Gasteiger partial charge < -0.3 is 9.47 Å². The maximum atomic E-state index is 11.7. The summed E-state index contributed by atoms with van der Waals surface area (Å²) in [6, 6.07) is 7.32. The summed E-state index contributed by atoms with van der Waals surface area (Å²) in [4.78, 5) is 15.7. The van der Waals surface area contributed by atoms with E-state index < -0.39 is 5.97 Å². The highest BCUT2D eigenvalue weighted by molar-refractivity contribution is 5.82. The highest BCUT2D eigenvalue weighted by Gasteiger charge is 2.20. The number of fused-ring (bicyclic) bond motifs is 3. The van der Waals surface area contributed by atoms with Crippen LogP contribution in [0.3, 0.4) is 0 Å². The molecule has 1 aromatic carbocycles. The highest BCUT2D eigenvalue weighted by Crippen LogP contribution is 2.22. The van der Waals surface area contributed by atoms with Crippen LogP contribution in [-0.4, -0.2) is 54.8 Å². The Morgan fingerprint density at radius 2 is 1.96 bits per heavy atom. The smallest absolute Gasteiger partial charge is 0.311 e. The minimum absolute atomic E-state index is 0.0228. The van der Waals surface area contributed by atoms with Crippen LogP contribution in [0.4, 0.5) is 0 Å². The van der Waals surface area contributed by atoms with Gasteiger partial charge in [-0.3, -0.25) is 4.79 Å². The molecule has 0 unspecified atom stereocenters. The van der Waals surface area contributed by atoms with Crippen LogP contribution in [0.1, 0.15) is 5.69 Å². The molecule has 10 nitrogen and oxygen atoms in total. The fourth-order valence-electron chi connectivity index (χ4n) is 2.52. The van der Waals surface area contributed by atoms with Crippen molar-refractivity contribution in [1.29, 1.82) is 0 Å². The lowest BCUT2D eigenvalue weighted by atomic mass is 10.3. The maximum absolute atomic E-state index is 11.7. The number of nitrogens with zero attached hydrogens (tertiary/aromatic N) is 7. The summed E-state index contributed by atoms with van der Waals surface area (Å²) in [6.07, 6.45) is 1.36. The molecule has 0 N–H and O–H groups in total. The highest BCUT2D eigenvalue weighted by atomic mass is 16.5. The average molecular weight is 339 g/mol. The summed E-state index contributed by atoms with van der Waals surface area (Å²) in [6.45, 7) is 0. The molecule has 0 saturated carbocycles. The fourth-order valence-corrected chi connectivity index (χ4v) is 2.52. The van der Waals surface area contributed by atoms with Gasteiger partial charge in [-0.05, 0) is 24.3 Å². The number of hydrogen-bond acceptors (Lipinski definition) is 8. The van der Waals surface area contributed by atoms with E-state index in [0.29, 0.717) is 22.6 Å². The lowest BCUT2D eigenvalue weighted by Crippen LogP contribution is -2.06. The van der Waals surface area contributed by atoms with Crippen molar-refractivity contribution in [3.8, 4) is 11.4 Å². The van der Waals surface area contributed by atoms with Crippen LogP contribution in [-0.2, 0) is 16.0 Å². The first kappa shape index (κ1) is 15.0. The van der Waals surface area contributed by atoms with Gasteiger partial charge in [-0.15, -0.1) is 10.2 Å². The first-order valence-corrected chi connectivity index (χ1v) is 7.36. The normalized spacial score (nSPS) is 11.1. The number of hydrogen-bond donors (Lipinski definition) is 0. The molecule has 0 aliphatic heterocycles. The summed E-state index contributed by atoms with van der Waals surface area (Å²) >= 11 is 0. The van der Waals surface area contributed by atoms with Gasteiger partial charge in [-0.2, -0.15) is 19.7 Å². The van der Waals surface area contributed by atoms with Gasteiger partial charge in [0.25, 0.3) is 5.78 Å². The van der Waals surface area contributed by atoms with Gasteiger partial charge in [-0.25, -0.2) is 4.68 Å². The van der Waals surface area contributed by atoms with Gasteiger partial charge in [0.05, 0.1) is 26.3 Å². The molecular formula is C15H13N7O3. The van der Waals surface area contributed by atoms with Gasteiger partial charge in [0.2, 0.25) is 0 Å². The fraction of sp³-hybridized carbons (Fsp3) is 0.200. The summed E-state index contributed by atoms with van der Waals surface area (Å²) in [5.74, 6) is 0.647. The second kappa shape index (κ2) is 5.82. The van der Waals surface area contributed by atoms with Crippen LogP contribution in [0.25, 0.3) is 22.6 Å². The first-order chi connectivity index (χ1) is 12.2. The standard InChI is InChI=1S/C15H13N7O3/c1-24-10-5-3-9(4-6-10)21-14-13(11(20-21)7-12(23)25-2)18-19-15-16-8-17-22(14)15/h3-6,8H,7H2,1-2H3. The Labute approximate surface area is 141 Å². The first-order valence-electron chi connectivity index (χ1n) is 7.36. The Bertz CT molecular complexity index is 1070. The second-order valence-electron chi connectivity index (χ2n) is 5.15. The lowest BCUT2D eigenvalue weighted by Gasteiger charge is -2.05. The van der Waals surface area contributed by atoms with E-state index in [-0.39, 0.29) is 6.42 Å². The zero-order valence-corrected chi connectivity index (χ0v) is 13.4. The summed E-state index contributed by atoms with van der Waals surface area (Å²) in [5.41, 5.74) is 2.22. The van der Waals surface area contributed by atoms with Crippen molar-refractivity contribution in [1.82, 2.24) is 34.6 Å². The molecule has 0 aliphatic carbocycles. The van der Waals surface area contributed by atoms with E-state index in [4.69, 9.17) is 9.47 Å². The van der Waals surface area contributed by atoms with E-state index in [1.54, 1.807) is 11.8 Å². The van der Waals surface area contributed by atoms with Crippen molar-refractivity contribution in [2.24, 2.45) is 0 Å². The minimum atomic E-state index is -0.415. The van der Waals surface area contributed by atoms with Crippen molar-refractivity contribution in [2.75, 3.05) is 14.2 Å². The van der Waals surface area contributed by atoms with Crippen LogP contribution >= 0.6 is 0 Å². The summed E-state index contributed by atoms with van der Waals surface area (Å²) < 4.78 is 13.1. The van der Waals surface area contributed by atoms with Gasteiger partial charge in [0, 0.05) is 0 Å². The molecule has 4 rings (SSSR count). The van der Waals surface area contributed by atoms with Gasteiger partial charge in [0.15, 0.2) is 11.2 Å². The number of esters is 1. The van der Waals surface area contributed by atoms with E-state index in [0.717, 1.165) is 11.4 Å². The molecule has 0 radical (unpaired) electrons. The number of carbonyl (C=O) groups excluding carboxylic acids is 1. The molecule has 0 spiro atoms. The zero-order chi connectivity index (χ0) is 17.4. The van der Waals surface area contributed by atoms with Gasteiger partial charge >= 0.3 is 5.97 Å². The molecule has 0 bridgehead atoms. The summed E-state index contributed by atoms with van der Waals surface area (Å²) in [7, 11) is 2.92. The zero-order valence-electron chi connectivity index (χ0n) is 13.4. The van der Waals surface area contributed by atoms with E-state index >= 15 is 0 Å². The number of rotatable bonds is 4. The molecular weight excluding hydrogens is 326 g/mol. The average Bonchev–Trinajstić information content (AvgIpc) is 3.26. The third kappa shape index (κ3) is 2.43. The monoisotopic (exact) mass is 339 g/mol. The Kier molecular flexibility index (Phi) is 3.49. The molecule has 3 heterocycles. The van der Waals surface area contributed by atoms with Crippen LogP contribution < -0.4 is 4.74 Å². The molecule has 0 fully saturated rings. The van der Waals surface area contributed by atoms with E-state index in [2.05, 4.69) is 25.4 Å². The Hall–Kier alpha value is -3.56. The van der Waals surface area contributed by atoms with Crippen molar-refractivity contribution in [2.45, 2.75) is 6.42 Å². The maximum Gasteiger partial charge on any atom is 0.311 e. The lowest BCUT2D eigenvalue weighted by molar-refractivity contribution is -0.139. The predicted octanol–water partition coefficient (Wildman–Crippen LogP) is 0.582. The number of benzene rings is 1. The topological polar surface area (TPSA) is 109 Å². The summed E-state index contributed by atoms with van der Waals surface area (Å²) in [5, 5.41) is 16.9. The van der Waals surface area contributed by atoms with Crippen LogP contribution in [0.5, 0.6) is 5.75 Å². The number of aromatic nitrogens is 7. The van der Waals surface area contributed by atoms with E-state index in [1.807, 2.05) is 24.3 Å². The predicted molar refractivity (Wildman–Crippen MR) is 85.5 cm³/mol. The van der Waals surface area contributed by atoms with Crippen molar-refractivity contribution >= 4 is 22.9 Å². The minimum Gasteiger partial charge on any atom is -0.497 e. The van der Waals surface area contributed by atoms with Gasteiger partial charge in [0.1, 0.15) is 17.8 Å². The molecule has 0 saturated heterocycles. The van der Waals surface area contributed by atoms with E-state index in [1.165, 1.54) is 18.0 Å². The van der Waals surface area contributed by atoms with Crippen molar-refractivity contribution in [3.63, 3.8) is 0 Å². The Morgan fingerprint density at radius 1 is 1.16 bits per heavy atom. The van der Waals surface area contributed by atoms with Crippen LogP contribution in [0.15, 0.2) is 30.6 Å². The second-order valence-corrected chi connectivity index (χ2v) is 5.15. The van der Waals surface area contributed by atoms with Crippen LogP contribution in [0.2, 0.25) is 0 Å². The molecule has 10 heteroatoms. The number of methoxy groups -OCH3 is 2. The Morgan fingerprint density at radius 3 is 2.68 bits per heavy atom. The SMILES string of the molecule is COC(=O)Cc1nn(-c2ccc(OC)cc2)c2c1nnc1ncnn12. The van der Waals surface area contributed by atoms with Crippen molar-refractivity contribution < 1.29 is 14.3 Å². The molecule has 25 heavy (non-hydrogen) atoms. The van der Waals surface area contributed by atoms with E-state index in [9.17, 15) is 4.79 Å². The molecule has 4 aromatic rings.